The Labute approximate surface area is 165 Å². The molecule has 7 heteroatoms. The van der Waals surface area contributed by atoms with Gasteiger partial charge in [0.15, 0.2) is 0 Å². The van der Waals surface area contributed by atoms with Gasteiger partial charge >= 0.3 is 6.03 Å². The highest BCUT2D eigenvalue weighted by Gasteiger charge is 2.28. The molecule has 6 nitrogen and oxygen atoms in total. The molecule has 0 aliphatic carbocycles. The predicted octanol–water partition coefficient (Wildman–Crippen LogP) is 4.43. The third-order valence-corrected chi connectivity index (χ3v) is 6.49. The first-order chi connectivity index (χ1) is 13.7. The first kappa shape index (κ1) is 17.2. The Bertz CT molecular complexity index is 1130. The van der Waals surface area contributed by atoms with Crippen LogP contribution >= 0.6 is 11.3 Å². The van der Waals surface area contributed by atoms with Crippen LogP contribution in [-0.2, 0) is 0 Å². The summed E-state index contributed by atoms with van der Waals surface area (Å²) in [7, 11) is 0. The van der Waals surface area contributed by atoms with Gasteiger partial charge < -0.3 is 15.3 Å². The van der Waals surface area contributed by atoms with Gasteiger partial charge in [-0.2, -0.15) is 5.10 Å². The molecule has 28 heavy (non-hydrogen) atoms. The number of aromatic nitrogens is 2. The molecule has 142 valence electrons. The summed E-state index contributed by atoms with van der Waals surface area (Å²) in [5.41, 5.74) is 2.71. The highest BCUT2D eigenvalue weighted by molar-refractivity contribution is 7.22. The van der Waals surface area contributed by atoms with Crippen molar-refractivity contribution in [2.24, 2.45) is 0 Å². The predicted molar refractivity (Wildman–Crippen MR) is 113 cm³/mol. The molecule has 0 spiro atoms. The smallest absolute Gasteiger partial charge is 0.322 e. The van der Waals surface area contributed by atoms with E-state index in [-0.39, 0.29) is 18.7 Å². The number of carbonyl (C=O) groups is 1. The summed E-state index contributed by atoms with van der Waals surface area (Å²) < 4.78 is 1.22. The fourth-order valence-corrected chi connectivity index (χ4v) is 5.01. The first-order valence-electron chi connectivity index (χ1n) is 9.37. The van der Waals surface area contributed by atoms with Crippen molar-refractivity contribution in [3.05, 3.63) is 48.7 Å². The summed E-state index contributed by atoms with van der Waals surface area (Å²) in [5.74, 6) is 0. The molecule has 3 heterocycles. The van der Waals surface area contributed by atoms with E-state index < -0.39 is 0 Å². The minimum Gasteiger partial charge on any atom is -0.394 e. The Hall–Kier alpha value is -2.90. The number of aliphatic hydroxyl groups is 1. The zero-order valence-corrected chi connectivity index (χ0v) is 16.0. The van der Waals surface area contributed by atoms with Gasteiger partial charge in [0.1, 0.15) is 0 Å². The fraction of sp³-hybridized carbons (Fsp3) is 0.238. The molecule has 1 fully saturated rings. The van der Waals surface area contributed by atoms with Gasteiger partial charge in [0.2, 0.25) is 0 Å². The Morgan fingerprint density at radius 2 is 2.18 bits per heavy atom. The number of carbonyl (C=O) groups excluding carboxylic acids is 1. The number of nitrogens with zero attached hydrogens (tertiary/aromatic N) is 2. The fourth-order valence-electron chi connectivity index (χ4n) is 3.93. The van der Waals surface area contributed by atoms with Crippen molar-refractivity contribution < 1.29 is 9.90 Å². The number of amides is 2. The molecule has 1 atom stereocenters. The quantitative estimate of drug-likeness (QED) is 0.482. The van der Waals surface area contributed by atoms with Crippen LogP contribution in [0.5, 0.6) is 0 Å². The van der Waals surface area contributed by atoms with Crippen molar-refractivity contribution >= 4 is 44.0 Å². The average molecular weight is 392 g/mol. The number of anilines is 1. The van der Waals surface area contributed by atoms with Gasteiger partial charge in [0.05, 0.1) is 24.4 Å². The zero-order chi connectivity index (χ0) is 19.1. The largest absolute Gasteiger partial charge is 0.394 e. The first-order valence-corrected chi connectivity index (χ1v) is 10.2. The molecule has 4 aromatic rings. The monoisotopic (exact) mass is 392 g/mol. The third kappa shape index (κ3) is 2.93. The van der Waals surface area contributed by atoms with E-state index in [9.17, 15) is 9.90 Å². The summed E-state index contributed by atoms with van der Waals surface area (Å²) >= 11 is 1.72. The molecule has 3 N–H and O–H groups in total. The lowest BCUT2D eigenvalue weighted by Crippen LogP contribution is -2.40. The van der Waals surface area contributed by atoms with E-state index in [1.807, 2.05) is 24.3 Å². The molecule has 2 aromatic carbocycles. The van der Waals surface area contributed by atoms with Gasteiger partial charge in [-0.25, -0.2) is 4.79 Å². The van der Waals surface area contributed by atoms with Crippen LogP contribution in [0.4, 0.5) is 10.5 Å². The van der Waals surface area contributed by atoms with Crippen molar-refractivity contribution in [3.8, 4) is 10.4 Å². The van der Waals surface area contributed by atoms with Crippen LogP contribution in [0.3, 0.4) is 0 Å². The van der Waals surface area contributed by atoms with E-state index in [0.29, 0.717) is 6.54 Å². The maximum absolute atomic E-state index is 12.7. The van der Waals surface area contributed by atoms with Crippen LogP contribution in [0, 0.1) is 0 Å². The molecule has 0 bridgehead atoms. The maximum atomic E-state index is 12.7. The van der Waals surface area contributed by atoms with Gasteiger partial charge in [-0.05, 0) is 42.5 Å². The number of hydrogen-bond acceptors (Lipinski definition) is 4. The number of fused-ring (bicyclic) bond motifs is 2. The Kier molecular flexibility index (Phi) is 4.26. The minimum absolute atomic E-state index is 0.00121. The molecule has 1 aliphatic rings. The second-order valence-corrected chi connectivity index (χ2v) is 8.19. The molecule has 0 unspecified atom stereocenters. The van der Waals surface area contributed by atoms with Crippen molar-refractivity contribution in [1.82, 2.24) is 15.1 Å². The van der Waals surface area contributed by atoms with Crippen LogP contribution in [0.1, 0.15) is 12.8 Å². The van der Waals surface area contributed by atoms with Gasteiger partial charge in [-0.15, -0.1) is 11.3 Å². The summed E-state index contributed by atoms with van der Waals surface area (Å²) in [6, 6.07) is 14.1. The number of H-pyrrole nitrogens is 1. The highest BCUT2D eigenvalue weighted by Crippen LogP contribution is 2.38. The van der Waals surface area contributed by atoms with Gasteiger partial charge in [0.25, 0.3) is 0 Å². The Morgan fingerprint density at radius 1 is 1.29 bits per heavy atom. The van der Waals surface area contributed by atoms with Gasteiger partial charge in [-0.3, -0.25) is 5.10 Å². The van der Waals surface area contributed by atoms with Crippen LogP contribution in [0.25, 0.3) is 31.4 Å². The second-order valence-electron chi connectivity index (χ2n) is 7.11. The topological polar surface area (TPSA) is 81.2 Å². The van der Waals surface area contributed by atoms with Gasteiger partial charge in [0, 0.05) is 32.8 Å². The number of urea groups is 1. The number of hydrogen-bond donors (Lipinski definition) is 3. The average Bonchev–Trinajstić information content (AvgIpc) is 3.44. The van der Waals surface area contributed by atoms with Crippen LogP contribution in [-0.4, -0.2) is 45.4 Å². The molecule has 1 aliphatic heterocycles. The molecular formula is C21H20N4O2S. The number of likely N-dealkylation sites (tertiary alicyclic amines) is 1. The molecule has 0 saturated carbocycles. The van der Waals surface area contributed by atoms with Crippen molar-refractivity contribution in [1.29, 1.82) is 0 Å². The molecule has 2 amide bonds. The van der Waals surface area contributed by atoms with E-state index in [1.54, 1.807) is 22.4 Å². The Morgan fingerprint density at radius 3 is 3.04 bits per heavy atom. The van der Waals surface area contributed by atoms with Crippen LogP contribution < -0.4 is 5.32 Å². The van der Waals surface area contributed by atoms with Crippen molar-refractivity contribution in [3.63, 3.8) is 0 Å². The summed E-state index contributed by atoms with van der Waals surface area (Å²) in [6.45, 7) is 0.676. The van der Waals surface area contributed by atoms with E-state index in [0.717, 1.165) is 39.9 Å². The van der Waals surface area contributed by atoms with E-state index in [2.05, 4.69) is 33.7 Å². The standard InChI is InChI=1S/C21H20N4O2S/c26-12-16-5-3-7-25(16)21(27)23-15-8-14-11-22-24-20(14)17(10-15)19-9-13-4-1-2-6-18(13)28-19/h1-2,4,6,8-11,16,26H,3,5,7,12H2,(H,22,24)(H,23,27)/t16-/m1/s1. The summed E-state index contributed by atoms with van der Waals surface area (Å²) in [5, 5.41) is 21.9. The van der Waals surface area contributed by atoms with Crippen molar-refractivity contribution in [2.75, 3.05) is 18.5 Å². The van der Waals surface area contributed by atoms with Crippen LogP contribution in [0.15, 0.2) is 48.7 Å². The number of rotatable bonds is 3. The third-order valence-electron chi connectivity index (χ3n) is 5.34. The Balaban J connectivity index is 1.53. The zero-order valence-electron chi connectivity index (χ0n) is 15.2. The number of aliphatic hydroxyl groups excluding tert-OH is 1. The SMILES string of the molecule is O=C(Nc1cc(-c2cc3ccccc3s2)c2[nH]ncc2c1)N1CCC[C@@H]1CO. The second kappa shape index (κ2) is 6.92. The molecule has 1 saturated heterocycles. The number of nitrogens with one attached hydrogen (secondary N) is 2. The number of thiophene rings is 1. The summed E-state index contributed by atoms with van der Waals surface area (Å²) in [4.78, 5) is 15.6. The molecule has 0 radical (unpaired) electrons. The van der Waals surface area contributed by atoms with E-state index in [4.69, 9.17) is 0 Å². The lowest BCUT2D eigenvalue weighted by Gasteiger charge is -2.23. The van der Waals surface area contributed by atoms with Gasteiger partial charge in [-0.1, -0.05) is 18.2 Å². The molecule has 5 rings (SSSR count). The van der Waals surface area contributed by atoms with Crippen molar-refractivity contribution in [2.45, 2.75) is 18.9 Å². The lowest BCUT2D eigenvalue weighted by molar-refractivity contribution is 0.166. The normalized spacial score (nSPS) is 16.9. The van der Waals surface area contributed by atoms with Crippen LogP contribution in [0.2, 0.25) is 0 Å². The highest BCUT2D eigenvalue weighted by atomic mass is 32.1. The minimum atomic E-state index is -0.165. The molecular weight excluding hydrogens is 372 g/mol. The summed E-state index contributed by atoms with van der Waals surface area (Å²) in [6.07, 6.45) is 3.54. The van der Waals surface area contributed by atoms with E-state index >= 15 is 0 Å². The molecule has 2 aromatic heterocycles. The van der Waals surface area contributed by atoms with E-state index in [1.165, 1.54) is 10.1 Å². The number of benzene rings is 2. The number of aromatic amines is 1. The lowest BCUT2D eigenvalue weighted by atomic mass is 10.1. The maximum Gasteiger partial charge on any atom is 0.322 e.